The van der Waals surface area contributed by atoms with Crippen molar-refractivity contribution in [2.24, 2.45) is 0 Å². The summed E-state index contributed by atoms with van der Waals surface area (Å²) in [5, 5.41) is 0. The maximum Gasteiger partial charge on any atom is 0.409 e. The summed E-state index contributed by atoms with van der Waals surface area (Å²) in [5.74, 6) is -1.23. The van der Waals surface area contributed by atoms with E-state index in [0.717, 1.165) is 11.0 Å². The Morgan fingerprint density at radius 2 is 1.97 bits per heavy atom. The summed E-state index contributed by atoms with van der Waals surface area (Å²) in [5.41, 5.74) is 0.537. The van der Waals surface area contributed by atoms with E-state index in [1.54, 1.807) is 6.07 Å². The van der Waals surface area contributed by atoms with Gasteiger partial charge in [-0.1, -0.05) is 12.1 Å². The van der Waals surface area contributed by atoms with E-state index in [1.165, 1.54) is 74.2 Å². The Kier molecular flexibility index (Phi) is 7.99. The summed E-state index contributed by atoms with van der Waals surface area (Å²) in [6.45, 7) is 0.0156. The number of likely N-dealkylation sites (N-methyl/N-ethyl adjacent to an activating group) is 1. The number of rotatable bonds is 10. The van der Waals surface area contributed by atoms with Crippen molar-refractivity contribution in [3.63, 3.8) is 0 Å². The molecule has 0 fully saturated rings. The molecule has 0 bridgehead atoms. The number of pyridine rings is 1. The number of nitrogens with zero attached hydrogens (tertiary/aromatic N) is 4. The van der Waals surface area contributed by atoms with Gasteiger partial charge in [-0.3, -0.25) is 14.4 Å². The topological polar surface area (TPSA) is 118 Å². The second kappa shape index (κ2) is 12.1. The molecular weight excluding hydrogens is 481 g/mol. The van der Waals surface area contributed by atoms with E-state index < -0.39 is 48.6 Å². The molecule has 1 aromatic carbocycles. The van der Waals surface area contributed by atoms with E-state index in [2.05, 4.69) is 9.97 Å². The van der Waals surface area contributed by atoms with Gasteiger partial charge in [-0.25, -0.2) is 14.2 Å². The molecule has 1 unspecified atom stereocenters. The Morgan fingerprint density at radius 1 is 1.22 bits per heavy atom. The molecule has 10 nitrogen and oxygen atoms in total. The maximum atomic E-state index is 13.5. The first-order valence-corrected chi connectivity index (χ1v) is 11.4. The molecule has 3 rings (SSSR count). The molecule has 0 aliphatic heterocycles. The molecule has 1 N–H and O–H groups in total. The van der Waals surface area contributed by atoms with Crippen LogP contribution in [0.4, 0.5) is 9.18 Å². The zero-order valence-corrected chi connectivity index (χ0v) is 21.0. The lowest BCUT2D eigenvalue weighted by atomic mass is 10.0. The normalized spacial score (nSPS) is 13.2. The van der Waals surface area contributed by atoms with Crippen LogP contribution >= 0.6 is 0 Å². The first-order chi connectivity index (χ1) is 18.3. The number of benzene rings is 1. The van der Waals surface area contributed by atoms with E-state index in [-0.39, 0.29) is 18.0 Å². The van der Waals surface area contributed by atoms with Gasteiger partial charge in [-0.2, -0.15) is 0 Å². The number of carbonyl (C=O) groups is 3. The highest BCUT2D eigenvalue weighted by Gasteiger charge is 2.24. The lowest BCUT2D eigenvalue weighted by Crippen LogP contribution is -2.35. The third kappa shape index (κ3) is 7.35. The SMILES string of the molecule is [2H]C([2H])(C/C=C/C(=O)N(C)C)C(OC(=O)N(C)C)C(=O)Cc1cccn(Cc2nc3ccc(F)cc3[nH]2)c1=O. The molecule has 0 spiro atoms. The smallest absolute Gasteiger partial charge is 0.409 e. The van der Waals surface area contributed by atoms with Crippen molar-refractivity contribution >= 4 is 28.8 Å². The van der Waals surface area contributed by atoms with Gasteiger partial charge in [-0.15, -0.1) is 0 Å². The fraction of sp³-hybridized carbons (Fsp3) is 0.346. The van der Waals surface area contributed by atoms with Crippen LogP contribution in [0, 0.1) is 5.82 Å². The van der Waals surface area contributed by atoms with Crippen LogP contribution in [0.5, 0.6) is 0 Å². The molecule has 11 heteroatoms. The quantitative estimate of drug-likeness (QED) is 0.417. The average Bonchev–Trinajstić information content (AvgIpc) is 3.25. The number of hydrogen-bond acceptors (Lipinski definition) is 6. The third-order valence-electron chi connectivity index (χ3n) is 5.28. The second-order valence-electron chi connectivity index (χ2n) is 8.66. The monoisotopic (exact) mass is 513 g/mol. The summed E-state index contributed by atoms with van der Waals surface area (Å²) in [6.07, 6.45) is -2.12. The lowest BCUT2D eigenvalue weighted by molar-refractivity contribution is -0.127. The van der Waals surface area contributed by atoms with Gasteiger partial charge in [0.2, 0.25) is 5.91 Å². The molecule has 3 aromatic rings. The van der Waals surface area contributed by atoms with Crippen molar-refractivity contribution in [2.45, 2.75) is 31.9 Å². The number of halogens is 1. The molecule has 0 aliphatic carbocycles. The van der Waals surface area contributed by atoms with Gasteiger partial charge < -0.3 is 24.1 Å². The van der Waals surface area contributed by atoms with Crippen molar-refractivity contribution in [1.29, 1.82) is 0 Å². The van der Waals surface area contributed by atoms with E-state index in [1.807, 2.05) is 0 Å². The fourth-order valence-corrected chi connectivity index (χ4v) is 3.31. The van der Waals surface area contributed by atoms with Gasteiger partial charge in [0.25, 0.3) is 5.56 Å². The van der Waals surface area contributed by atoms with E-state index in [4.69, 9.17) is 7.48 Å². The lowest BCUT2D eigenvalue weighted by Gasteiger charge is -2.19. The van der Waals surface area contributed by atoms with E-state index in [9.17, 15) is 23.6 Å². The number of fused-ring (bicyclic) bond motifs is 1. The number of Topliss-reactive ketones (excluding diaryl/α,β-unsaturated/α-hetero) is 1. The van der Waals surface area contributed by atoms with Crippen LogP contribution < -0.4 is 5.56 Å². The molecule has 2 heterocycles. The molecule has 0 aliphatic rings. The van der Waals surface area contributed by atoms with Crippen LogP contribution in [-0.4, -0.2) is 76.4 Å². The van der Waals surface area contributed by atoms with E-state index >= 15 is 0 Å². The Bertz CT molecular complexity index is 1460. The number of carbonyl (C=O) groups excluding carboxylic acids is 3. The molecule has 37 heavy (non-hydrogen) atoms. The zero-order chi connectivity index (χ0) is 28.9. The third-order valence-corrected chi connectivity index (χ3v) is 5.28. The van der Waals surface area contributed by atoms with Crippen molar-refractivity contribution in [2.75, 3.05) is 28.2 Å². The molecule has 0 saturated heterocycles. The Hall–Kier alpha value is -4.28. The summed E-state index contributed by atoms with van der Waals surface area (Å²) in [4.78, 5) is 60.1. The number of H-pyrrole nitrogens is 1. The molecule has 1 atom stereocenters. The number of hydrogen-bond donors (Lipinski definition) is 1. The predicted octanol–water partition coefficient (Wildman–Crippen LogP) is 2.51. The summed E-state index contributed by atoms with van der Waals surface area (Å²) in [6, 6.07) is 7.06. The van der Waals surface area contributed by atoms with Gasteiger partial charge in [0.15, 0.2) is 11.9 Å². The highest BCUT2D eigenvalue weighted by atomic mass is 19.1. The number of ketones is 1. The minimum absolute atomic E-state index is 0.0156. The number of nitrogens with one attached hydrogen (secondary N) is 1. The number of aromatic nitrogens is 3. The van der Waals surface area contributed by atoms with Crippen molar-refractivity contribution in [3.8, 4) is 0 Å². The van der Waals surface area contributed by atoms with Crippen LogP contribution in [0.3, 0.4) is 0 Å². The number of aromatic amines is 1. The molecular formula is C26H30FN5O5. The van der Waals surface area contributed by atoms with Gasteiger partial charge in [0.05, 0.1) is 17.6 Å². The van der Waals surface area contributed by atoms with Crippen LogP contribution in [0.15, 0.2) is 53.5 Å². The second-order valence-corrected chi connectivity index (χ2v) is 8.66. The van der Waals surface area contributed by atoms with Crippen LogP contribution in [0.25, 0.3) is 11.0 Å². The Labute approximate surface area is 216 Å². The number of amides is 2. The van der Waals surface area contributed by atoms with Gasteiger partial charge >= 0.3 is 6.09 Å². The highest BCUT2D eigenvalue weighted by molar-refractivity contribution is 5.88. The molecule has 2 aromatic heterocycles. The van der Waals surface area contributed by atoms with Crippen molar-refractivity contribution < 1.29 is 26.3 Å². The fourth-order valence-electron chi connectivity index (χ4n) is 3.31. The maximum absolute atomic E-state index is 13.5. The van der Waals surface area contributed by atoms with Crippen molar-refractivity contribution in [1.82, 2.24) is 24.3 Å². The Balaban J connectivity index is 1.84. The van der Waals surface area contributed by atoms with Crippen LogP contribution in [0.2, 0.25) is 0 Å². The van der Waals surface area contributed by atoms with Gasteiger partial charge in [-0.05, 0) is 43.1 Å². The first kappa shape index (κ1) is 24.4. The minimum Gasteiger partial charge on any atom is -0.438 e. The zero-order valence-electron chi connectivity index (χ0n) is 23.0. The van der Waals surface area contributed by atoms with Crippen LogP contribution in [0.1, 0.15) is 26.9 Å². The summed E-state index contributed by atoms with van der Waals surface area (Å²) < 4.78 is 36.9. The van der Waals surface area contributed by atoms with Gasteiger partial charge in [0.1, 0.15) is 11.6 Å². The number of ether oxygens (including phenoxy) is 1. The molecule has 0 radical (unpaired) electrons. The van der Waals surface area contributed by atoms with Gasteiger partial charge in [0, 0.05) is 49.1 Å². The number of allylic oxidation sites excluding steroid dienone is 1. The predicted molar refractivity (Wildman–Crippen MR) is 136 cm³/mol. The molecule has 2 amide bonds. The van der Waals surface area contributed by atoms with Crippen molar-refractivity contribution in [3.05, 3.63) is 76.2 Å². The van der Waals surface area contributed by atoms with Crippen LogP contribution in [-0.2, 0) is 27.3 Å². The molecule has 196 valence electrons. The summed E-state index contributed by atoms with van der Waals surface area (Å²) in [7, 11) is 5.84. The highest BCUT2D eigenvalue weighted by Crippen LogP contribution is 2.14. The summed E-state index contributed by atoms with van der Waals surface area (Å²) >= 11 is 0. The van der Waals surface area contributed by atoms with E-state index in [0.29, 0.717) is 16.9 Å². The molecule has 0 saturated carbocycles. The average molecular weight is 514 g/mol. The standard InChI is InChI=1S/C26H30FN5O5/c1-30(2)24(34)10-6-5-9-22(37-26(36)31(3)4)21(33)14-17-8-7-13-32(25(17)35)16-23-28-19-12-11-18(27)15-20(19)29-23/h6-8,10-13,15,22H,5,9,14,16H2,1-4H3,(H,28,29)/b10-6+/i9D2. The largest absolute Gasteiger partial charge is 0.438 e. The number of imidazole rings is 1. The first-order valence-electron chi connectivity index (χ1n) is 12.4. The Morgan fingerprint density at radius 3 is 2.68 bits per heavy atom. The minimum atomic E-state index is -2.37.